The van der Waals surface area contributed by atoms with Crippen LogP contribution in [0.1, 0.15) is 18.5 Å². The van der Waals surface area contributed by atoms with Crippen LogP contribution in [0.15, 0.2) is 18.2 Å². The van der Waals surface area contributed by atoms with Crippen molar-refractivity contribution in [3.63, 3.8) is 0 Å². The lowest BCUT2D eigenvalue weighted by atomic mass is 10.0. The Morgan fingerprint density at radius 1 is 1.30 bits per heavy atom. The van der Waals surface area contributed by atoms with Gasteiger partial charge in [-0.15, -0.1) is 0 Å². The summed E-state index contributed by atoms with van der Waals surface area (Å²) in [7, 11) is 5.21. The summed E-state index contributed by atoms with van der Waals surface area (Å²) in [5.41, 5.74) is 0.936. The average molecular weight is 321 g/mol. The van der Waals surface area contributed by atoms with Crippen LogP contribution in [0.4, 0.5) is 0 Å². The molecule has 1 amide bonds. The first-order valence-corrected chi connectivity index (χ1v) is 8.05. The summed E-state index contributed by atoms with van der Waals surface area (Å²) in [6, 6.07) is 5.47. The van der Waals surface area contributed by atoms with Gasteiger partial charge in [0.05, 0.1) is 13.7 Å². The smallest absolute Gasteiger partial charge is 0.244 e. The molecule has 128 valence electrons. The Bertz CT molecular complexity index is 528. The number of nitrogens with one attached hydrogen (secondary N) is 1. The summed E-state index contributed by atoms with van der Waals surface area (Å²) in [5, 5.41) is 3.33. The van der Waals surface area contributed by atoms with Gasteiger partial charge in [0.2, 0.25) is 5.91 Å². The molecule has 0 aliphatic carbocycles. The van der Waals surface area contributed by atoms with Crippen molar-refractivity contribution in [3.05, 3.63) is 23.8 Å². The molecule has 1 aliphatic rings. The number of nitrogens with zero attached hydrogens (tertiary/aromatic N) is 2. The highest BCUT2D eigenvalue weighted by Crippen LogP contribution is 2.33. The Hall–Kier alpha value is -1.79. The Morgan fingerprint density at radius 3 is 2.57 bits per heavy atom. The Kier molecular flexibility index (Phi) is 6.24. The first-order valence-electron chi connectivity index (χ1n) is 8.05. The second-order valence-electron chi connectivity index (χ2n) is 5.76. The third kappa shape index (κ3) is 4.14. The monoisotopic (exact) mass is 321 g/mol. The van der Waals surface area contributed by atoms with Crippen molar-refractivity contribution >= 4 is 5.91 Å². The molecular weight excluding hydrogens is 294 g/mol. The number of amides is 1. The number of hydrogen-bond acceptors (Lipinski definition) is 5. The van der Waals surface area contributed by atoms with Gasteiger partial charge in [0.15, 0.2) is 11.5 Å². The maximum absolute atomic E-state index is 12.7. The average Bonchev–Trinajstić information content (AvgIpc) is 2.57. The summed E-state index contributed by atoms with van der Waals surface area (Å²) in [6.07, 6.45) is 0. The van der Waals surface area contributed by atoms with Crippen molar-refractivity contribution in [2.45, 2.75) is 13.0 Å². The molecule has 6 heteroatoms. The van der Waals surface area contributed by atoms with Crippen molar-refractivity contribution in [1.82, 2.24) is 15.1 Å². The summed E-state index contributed by atoms with van der Waals surface area (Å²) in [4.78, 5) is 16.6. The number of benzene rings is 1. The molecule has 23 heavy (non-hydrogen) atoms. The van der Waals surface area contributed by atoms with Crippen molar-refractivity contribution in [1.29, 1.82) is 0 Å². The van der Waals surface area contributed by atoms with E-state index in [2.05, 4.69) is 10.2 Å². The quantitative estimate of drug-likeness (QED) is 0.851. The zero-order chi connectivity index (χ0) is 16.8. The van der Waals surface area contributed by atoms with E-state index in [-0.39, 0.29) is 11.9 Å². The Morgan fingerprint density at radius 2 is 2.00 bits per heavy atom. The van der Waals surface area contributed by atoms with E-state index in [1.807, 2.05) is 25.1 Å². The highest BCUT2D eigenvalue weighted by Gasteiger charge is 2.30. The fraction of sp³-hybridized carbons (Fsp3) is 0.588. The molecule has 0 spiro atoms. The van der Waals surface area contributed by atoms with Gasteiger partial charge in [0.1, 0.15) is 6.04 Å². The summed E-state index contributed by atoms with van der Waals surface area (Å²) >= 11 is 0. The maximum Gasteiger partial charge on any atom is 0.244 e. The number of likely N-dealkylation sites (N-methyl/N-ethyl adjacent to an activating group) is 1. The van der Waals surface area contributed by atoms with Crippen LogP contribution in [0, 0.1) is 0 Å². The lowest BCUT2D eigenvalue weighted by Gasteiger charge is -2.35. The number of ether oxygens (including phenoxy) is 2. The zero-order valence-corrected chi connectivity index (χ0v) is 14.5. The van der Waals surface area contributed by atoms with E-state index in [1.165, 1.54) is 0 Å². The minimum Gasteiger partial charge on any atom is -0.493 e. The third-order valence-corrected chi connectivity index (χ3v) is 3.99. The van der Waals surface area contributed by atoms with Crippen molar-refractivity contribution < 1.29 is 14.3 Å². The first-order chi connectivity index (χ1) is 11.1. The van der Waals surface area contributed by atoms with E-state index in [9.17, 15) is 4.79 Å². The van der Waals surface area contributed by atoms with Crippen LogP contribution in [0.5, 0.6) is 11.5 Å². The van der Waals surface area contributed by atoms with Gasteiger partial charge in [0.25, 0.3) is 0 Å². The van der Waals surface area contributed by atoms with E-state index < -0.39 is 0 Å². The van der Waals surface area contributed by atoms with Crippen LogP contribution in [0.2, 0.25) is 0 Å². The van der Waals surface area contributed by atoms with Gasteiger partial charge in [-0.1, -0.05) is 6.07 Å². The topological polar surface area (TPSA) is 54.0 Å². The minimum absolute atomic E-state index is 0.0816. The summed E-state index contributed by atoms with van der Waals surface area (Å²) in [6.45, 7) is 6.00. The number of rotatable bonds is 6. The number of methoxy groups -OCH3 is 1. The molecule has 1 heterocycles. The molecule has 1 aromatic rings. The van der Waals surface area contributed by atoms with Crippen LogP contribution in [-0.4, -0.2) is 69.7 Å². The van der Waals surface area contributed by atoms with E-state index >= 15 is 0 Å². The second-order valence-corrected chi connectivity index (χ2v) is 5.76. The van der Waals surface area contributed by atoms with Gasteiger partial charge < -0.3 is 19.7 Å². The summed E-state index contributed by atoms with van der Waals surface area (Å²) in [5.74, 6) is 1.45. The first kappa shape index (κ1) is 17.6. The van der Waals surface area contributed by atoms with Crippen LogP contribution in [0.3, 0.4) is 0 Å². The standard InChI is InChI=1S/C17H27N3O3/c1-5-23-14-7-6-13(12-15(14)22-4)16(17(21)19(2)3)20-10-8-18-9-11-20/h6-7,12,16,18H,5,8-11H2,1-4H3. The van der Waals surface area contributed by atoms with Gasteiger partial charge >= 0.3 is 0 Å². The van der Waals surface area contributed by atoms with Crippen molar-refractivity contribution in [2.75, 3.05) is 54.0 Å². The predicted octanol–water partition coefficient (Wildman–Crippen LogP) is 1.13. The maximum atomic E-state index is 12.7. The van der Waals surface area contributed by atoms with Gasteiger partial charge in [-0.05, 0) is 24.6 Å². The van der Waals surface area contributed by atoms with E-state index in [4.69, 9.17) is 9.47 Å². The molecule has 0 saturated carbocycles. The zero-order valence-electron chi connectivity index (χ0n) is 14.5. The molecule has 2 rings (SSSR count). The number of piperazine rings is 1. The van der Waals surface area contributed by atoms with Crippen molar-refractivity contribution in [2.24, 2.45) is 0 Å². The van der Waals surface area contributed by atoms with Gasteiger partial charge in [-0.25, -0.2) is 0 Å². The molecule has 0 bridgehead atoms. The molecule has 1 unspecified atom stereocenters. The van der Waals surface area contributed by atoms with E-state index in [0.29, 0.717) is 18.1 Å². The molecular formula is C17H27N3O3. The molecule has 0 radical (unpaired) electrons. The molecule has 1 atom stereocenters. The second kappa shape index (κ2) is 8.17. The van der Waals surface area contributed by atoms with E-state index in [1.54, 1.807) is 26.1 Å². The summed E-state index contributed by atoms with van der Waals surface area (Å²) < 4.78 is 11.0. The molecule has 1 fully saturated rings. The molecule has 1 N–H and O–H groups in total. The van der Waals surface area contributed by atoms with Gasteiger partial charge in [-0.3, -0.25) is 9.69 Å². The SMILES string of the molecule is CCOc1ccc(C(C(=O)N(C)C)N2CCNCC2)cc1OC. The Balaban J connectivity index is 2.35. The lowest BCUT2D eigenvalue weighted by molar-refractivity contribution is -0.135. The van der Waals surface area contributed by atoms with Gasteiger partial charge in [0, 0.05) is 40.3 Å². The number of hydrogen-bond donors (Lipinski definition) is 1. The molecule has 1 aromatic carbocycles. The largest absolute Gasteiger partial charge is 0.493 e. The van der Waals surface area contributed by atoms with Crippen LogP contribution in [-0.2, 0) is 4.79 Å². The highest BCUT2D eigenvalue weighted by atomic mass is 16.5. The Labute approximate surface area is 138 Å². The predicted molar refractivity (Wildman–Crippen MR) is 90.0 cm³/mol. The van der Waals surface area contributed by atoms with Crippen LogP contribution >= 0.6 is 0 Å². The fourth-order valence-corrected chi connectivity index (χ4v) is 2.82. The lowest BCUT2D eigenvalue weighted by Crippen LogP contribution is -2.49. The molecule has 0 aromatic heterocycles. The molecule has 6 nitrogen and oxygen atoms in total. The van der Waals surface area contributed by atoms with Crippen LogP contribution < -0.4 is 14.8 Å². The third-order valence-electron chi connectivity index (χ3n) is 3.99. The highest BCUT2D eigenvalue weighted by molar-refractivity contribution is 5.83. The minimum atomic E-state index is -0.295. The van der Waals surface area contributed by atoms with Crippen LogP contribution in [0.25, 0.3) is 0 Å². The van der Waals surface area contributed by atoms with Crippen molar-refractivity contribution in [3.8, 4) is 11.5 Å². The molecule has 1 saturated heterocycles. The fourth-order valence-electron chi connectivity index (χ4n) is 2.82. The number of carbonyl (C=O) groups excluding carboxylic acids is 1. The van der Waals surface area contributed by atoms with E-state index in [0.717, 1.165) is 31.7 Å². The van der Waals surface area contributed by atoms with Gasteiger partial charge in [-0.2, -0.15) is 0 Å². The molecule has 1 aliphatic heterocycles. The number of carbonyl (C=O) groups is 1. The normalized spacial score (nSPS) is 16.7.